The number of imidazole rings is 1. The Labute approximate surface area is 64.9 Å². The summed E-state index contributed by atoms with van der Waals surface area (Å²) in [5.41, 5.74) is 0. The summed E-state index contributed by atoms with van der Waals surface area (Å²) in [5, 5.41) is 1.09. The summed E-state index contributed by atoms with van der Waals surface area (Å²) in [4.78, 5) is 6.12. The molecule has 1 aromatic rings. The molecule has 1 aromatic heterocycles. The largest absolute Gasteiger partial charge is 0.335 e. The number of aromatic amines is 1. The number of sulfone groups is 1. The van der Waals surface area contributed by atoms with Crippen LogP contribution in [-0.2, 0) is 9.84 Å². The molecular weight excluding hydrogens is 164 g/mol. The Morgan fingerprint density at radius 3 is 2.82 bits per heavy atom. The fraction of sp³-hybridized carbons (Fsp3) is 0.167. The lowest BCUT2D eigenvalue weighted by Gasteiger charge is -1.89. The van der Waals surface area contributed by atoms with Crippen molar-refractivity contribution in [3.63, 3.8) is 0 Å². The fourth-order valence-corrected chi connectivity index (χ4v) is 1.58. The highest BCUT2D eigenvalue weighted by atomic mass is 32.2. The van der Waals surface area contributed by atoms with Crippen molar-refractivity contribution in [2.24, 2.45) is 0 Å². The molecule has 0 fully saturated rings. The summed E-state index contributed by atoms with van der Waals surface area (Å²) >= 11 is 0. The van der Waals surface area contributed by atoms with Gasteiger partial charge in [0, 0.05) is 17.8 Å². The second-order valence-electron chi connectivity index (χ2n) is 1.91. The fourth-order valence-electron chi connectivity index (χ4n) is 0.650. The van der Waals surface area contributed by atoms with E-state index in [-0.39, 0.29) is 5.16 Å². The maximum Gasteiger partial charge on any atom is 0.232 e. The maximum absolute atomic E-state index is 11.1. The zero-order valence-electron chi connectivity index (χ0n) is 5.98. The molecule has 0 aliphatic carbocycles. The first-order chi connectivity index (χ1) is 5.17. The van der Waals surface area contributed by atoms with Gasteiger partial charge in [0.1, 0.15) is 0 Å². The van der Waals surface area contributed by atoms with Gasteiger partial charge in [0.25, 0.3) is 0 Å². The quantitative estimate of drug-likeness (QED) is 0.714. The SMILES string of the molecule is C/C=C/S(=O)(=O)c1ncc[nH]1. The summed E-state index contributed by atoms with van der Waals surface area (Å²) in [7, 11) is -3.31. The standard InChI is InChI=1S/C6H8N2O2S/c1-2-5-11(9,10)6-7-3-4-8-6/h2-5H,1H3,(H,7,8)/b5-2+. The molecule has 0 saturated carbocycles. The number of allylic oxidation sites excluding steroid dienone is 1. The van der Waals surface area contributed by atoms with Gasteiger partial charge >= 0.3 is 0 Å². The number of hydrogen-bond donors (Lipinski definition) is 1. The molecular formula is C6H8N2O2S. The lowest BCUT2D eigenvalue weighted by Crippen LogP contribution is -1.97. The van der Waals surface area contributed by atoms with Crippen LogP contribution in [0.15, 0.2) is 29.0 Å². The second-order valence-corrected chi connectivity index (χ2v) is 3.66. The molecule has 0 amide bonds. The van der Waals surface area contributed by atoms with Crippen LogP contribution in [0.5, 0.6) is 0 Å². The number of nitrogens with zero attached hydrogens (tertiary/aromatic N) is 1. The Morgan fingerprint density at radius 1 is 1.64 bits per heavy atom. The minimum Gasteiger partial charge on any atom is -0.335 e. The van der Waals surface area contributed by atoms with Crippen LogP contribution in [0.25, 0.3) is 0 Å². The first-order valence-corrected chi connectivity index (χ1v) is 4.58. The van der Waals surface area contributed by atoms with Gasteiger partial charge in [0.05, 0.1) is 0 Å². The van der Waals surface area contributed by atoms with Crippen molar-refractivity contribution >= 4 is 9.84 Å². The Balaban J connectivity index is 3.11. The molecule has 1 heterocycles. The van der Waals surface area contributed by atoms with Crippen molar-refractivity contribution in [3.8, 4) is 0 Å². The lowest BCUT2D eigenvalue weighted by atomic mass is 10.8. The van der Waals surface area contributed by atoms with Gasteiger partial charge in [-0.05, 0) is 6.92 Å². The molecule has 5 heteroatoms. The number of hydrogen-bond acceptors (Lipinski definition) is 3. The molecule has 4 nitrogen and oxygen atoms in total. The average molecular weight is 172 g/mol. The Kier molecular flexibility index (Phi) is 2.09. The maximum atomic E-state index is 11.1. The van der Waals surface area contributed by atoms with Crippen LogP contribution in [0, 0.1) is 0 Å². The summed E-state index contributed by atoms with van der Waals surface area (Å²) in [6.45, 7) is 1.64. The smallest absolute Gasteiger partial charge is 0.232 e. The van der Waals surface area contributed by atoms with Crippen molar-refractivity contribution in [2.75, 3.05) is 0 Å². The highest BCUT2D eigenvalue weighted by molar-refractivity contribution is 7.94. The van der Waals surface area contributed by atoms with Crippen molar-refractivity contribution in [1.29, 1.82) is 0 Å². The number of rotatable bonds is 2. The molecule has 0 atom stereocenters. The van der Waals surface area contributed by atoms with Crippen LogP contribution in [-0.4, -0.2) is 18.4 Å². The predicted molar refractivity (Wildman–Crippen MR) is 40.6 cm³/mol. The van der Waals surface area contributed by atoms with E-state index >= 15 is 0 Å². The third-order valence-corrected chi connectivity index (χ3v) is 2.45. The van der Waals surface area contributed by atoms with E-state index in [1.165, 1.54) is 18.5 Å². The predicted octanol–water partition coefficient (Wildman–Crippen LogP) is 0.717. The third-order valence-electron chi connectivity index (χ3n) is 1.06. The van der Waals surface area contributed by atoms with Crippen molar-refractivity contribution in [2.45, 2.75) is 12.1 Å². The van der Waals surface area contributed by atoms with Crippen LogP contribution in [0.1, 0.15) is 6.92 Å². The monoisotopic (exact) mass is 172 g/mol. The van der Waals surface area contributed by atoms with E-state index in [2.05, 4.69) is 9.97 Å². The zero-order valence-corrected chi connectivity index (χ0v) is 6.80. The van der Waals surface area contributed by atoms with Crippen LogP contribution in [0.4, 0.5) is 0 Å². The summed E-state index contributed by atoms with van der Waals surface area (Å²) in [6, 6.07) is 0. The van der Waals surface area contributed by atoms with Gasteiger partial charge in [-0.3, -0.25) is 0 Å². The van der Waals surface area contributed by atoms with Gasteiger partial charge < -0.3 is 4.98 Å². The second kappa shape index (κ2) is 2.87. The van der Waals surface area contributed by atoms with Gasteiger partial charge in [0.15, 0.2) is 0 Å². The van der Waals surface area contributed by atoms with E-state index in [0.717, 1.165) is 5.41 Å². The molecule has 0 aromatic carbocycles. The van der Waals surface area contributed by atoms with Gasteiger partial charge in [0.2, 0.25) is 15.0 Å². The first-order valence-electron chi connectivity index (χ1n) is 3.04. The van der Waals surface area contributed by atoms with Gasteiger partial charge in [-0.15, -0.1) is 0 Å². The average Bonchev–Trinajstić information content (AvgIpc) is 2.37. The van der Waals surface area contributed by atoms with Gasteiger partial charge in [-0.1, -0.05) is 6.08 Å². The number of H-pyrrole nitrogens is 1. The molecule has 0 spiro atoms. The molecule has 0 saturated heterocycles. The molecule has 1 rings (SSSR count). The number of aromatic nitrogens is 2. The van der Waals surface area contributed by atoms with E-state index in [9.17, 15) is 8.42 Å². The van der Waals surface area contributed by atoms with Crippen molar-refractivity contribution < 1.29 is 8.42 Å². The molecule has 11 heavy (non-hydrogen) atoms. The van der Waals surface area contributed by atoms with E-state index in [1.54, 1.807) is 6.92 Å². The Morgan fingerprint density at radius 2 is 2.36 bits per heavy atom. The first kappa shape index (κ1) is 8.00. The van der Waals surface area contributed by atoms with Crippen LogP contribution in [0.2, 0.25) is 0 Å². The van der Waals surface area contributed by atoms with E-state index in [0.29, 0.717) is 0 Å². The molecule has 0 aliphatic heterocycles. The topological polar surface area (TPSA) is 62.8 Å². The molecule has 60 valence electrons. The van der Waals surface area contributed by atoms with E-state index < -0.39 is 9.84 Å². The Bertz CT molecular complexity index is 337. The normalized spacial score (nSPS) is 12.5. The summed E-state index contributed by atoms with van der Waals surface area (Å²) in [6.07, 6.45) is 4.32. The minimum absolute atomic E-state index is 0.0180. The van der Waals surface area contributed by atoms with Crippen LogP contribution in [0.3, 0.4) is 0 Å². The van der Waals surface area contributed by atoms with E-state index in [1.807, 2.05) is 0 Å². The van der Waals surface area contributed by atoms with Crippen molar-refractivity contribution in [1.82, 2.24) is 9.97 Å². The van der Waals surface area contributed by atoms with Crippen LogP contribution < -0.4 is 0 Å². The Hall–Kier alpha value is -1.10. The summed E-state index contributed by atoms with van der Waals surface area (Å²) in [5.74, 6) is 0. The summed E-state index contributed by atoms with van der Waals surface area (Å²) < 4.78 is 22.2. The molecule has 1 N–H and O–H groups in total. The highest BCUT2D eigenvalue weighted by Crippen LogP contribution is 2.03. The van der Waals surface area contributed by atoms with E-state index in [4.69, 9.17) is 0 Å². The zero-order chi connectivity index (χ0) is 8.32. The molecule has 0 unspecified atom stereocenters. The highest BCUT2D eigenvalue weighted by Gasteiger charge is 2.10. The van der Waals surface area contributed by atoms with Gasteiger partial charge in [-0.2, -0.15) is 0 Å². The molecule has 0 radical (unpaired) electrons. The van der Waals surface area contributed by atoms with Crippen LogP contribution >= 0.6 is 0 Å². The number of nitrogens with one attached hydrogen (secondary N) is 1. The lowest BCUT2D eigenvalue weighted by molar-refractivity contribution is 0.597. The molecule has 0 bridgehead atoms. The minimum atomic E-state index is -3.31. The molecule has 0 aliphatic rings. The third kappa shape index (κ3) is 1.68. The van der Waals surface area contributed by atoms with Gasteiger partial charge in [-0.25, -0.2) is 13.4 Å². The van der Waals surface area contributed by atoms with Crippen molar-refractivity contribution in [3.05, 3.63) is 23.9 Å².